The Labute approximate surface area is 190 Å². The maximum atomic E-state index is 13.5. The van der Waals surface area contributed by atoms with Gasteiger partial charge in [0.25, 0.3) is 10.0 Å². The van der Waals surface area contributed by atoms with Gasteiger partial charge in [0.15, 0.2) is 0 Å². The largest absolute Gasteiger partial charge is 0.495 e. The molecular weight excluding hydrogens is 432 g/mol. The van der Waals surface area contributed by atoms with Gasteiger partial charge in [-0.25, -0.2) is 8.42 Å². The lowest BCUT2D eigenvalue weighted by Crippen LogP contribution is -2.41. The van der Waals surface area contributed by atoms with Crippen molar-refractivity contribution < 1.29 is 17.9 Å². The third kappa shape index (κ3) is 7.18. The van der Waals surface area contributed by atoms with Crippen LogP contribution in [0.3, 0.4) is 0 Å². The molecule has 0 saturated heterocycles. The number of aryl methyl sites for hydroxylation is 2. The van der Waals surface area contributed by atoms with Gasteiger partial charge in [0.1, 0.15) is 12.3 Å². The molecule has 1 amide bonds. The number of nitrogens with one attached hydrogen (secondary N) is 1. The van der Waals surface area contributed by atoms with Gasteiger partial charge in [-0.05, 0) is 43.7 Å². The molecule has 0 atom stereocenters. The van der Waals surface area contributed by atoms with Crippen molar-refractivity contribution in [3.8, 4) is 5.75 Å². The molecule has 0 aliphatic rings. The molecule has 8 heteroatoms. The highest BCUT2D eigenvalue weighted by atomic mass is 32.2. The minimum atomic E-state index is -3.98. The summed E-state index contributed by atoms with van der Waals surface area (Å²) in [5, 5.41) is 2.83. The standard InChI is InChI=1S/C23H32N2O4S2/c1-17-7-10-19(11-8-17)31(27,28)25(20-15-18(2)9-12-21(20)29-6)16-22(26)24-13-14-30-23(3,4)5/h7-12,15H,13-14,16H2,1-6H3,(H,24,26). The van der Waals surface area contributed by atoms with Crippen molar-refractivity contribution in [1.82, 2.24) is 5.32 Å². The number of sulfonamides is 1. The molecule has 0 aliphatic heterocycles. The first-order valence-corrected chi connectivity index (χ1v) is 12.5. The normalized spacial score (nSPS) is 11.8. The van der Waals surface area contributed by atoms with E-state index in [0.29, 0.717) is 18.0 Å². The van der Waals surface area contributed by atoms with Crippen molar-refractivity contribution in [3.63, 3.8) is 0 Å². The second kappa shape index (κ2) is 10.4. The molecule has 1 N–H and O–H groups in total. The van der Waals surface area contributed by atoms with Crippen LogP contribution in [0.5, 0.6) is 5.75 Å². The number of hydrogen-bond donors (Lipinski definition) is 1. The molecule has 0 bridgehead atoms. The lowest BCUT2D eigenvalue weighted by atomic mass is 10.2. The Bertz CT molecular complexity index is 997. The topological polar surface area (TPSA) is 75.7 Å². The SMILES string of the molecule is COc1ccc(C)cc1N(CC(=O)NCCSC(C)(C)C)S(=O)(=O)c1ccc(C)cc1. The monoisotopic (exact) mass is 464 g/mol. The van der Waals surface area contributed by atoms with Gasteiger partial charge in [-0.3, -0.25) is 9.10 Å². The summed E-state index contributed by atoms with van der Waals surface area (Å²) in [5.41, 5.74) is 2.15. The van der Waals surface area contributed by atoms with Crippen LogP contribution in [0.4, 0.5) is 5.69 Å². The predicted molar refractivity (Wildman–Crippen MR) is 129 cm³/mol. The van der Waals surface area contributed by atoms with Gasteiger partial charge in [-0.2, -0.15) is 11.8 Å². The van der Waals surface area contributed by atoms with E-state index in [2.05, 4.69) is 26.1 Å². The fourth-order valence-corrected chi connectivity index (χ4v) is 5.11. The van der Waals surface area contributed by atoms with Crippen molar-refractivity contribution in [2.24, 2.45) is 0 Å². The van der Waals surface area contributed by atoms with Crippen molar-refractivity contribution in [3.05, 3.63) is 53.6 Å². The number of amides is 1. The Morgan fingerprint density at radius 2 is 1.68 bits per heavy atom. The molecule has 170 valence electrons. The van der Waals surface area contributed by atoms with Crippen molar-refractivity contribution in [1.29, 1.82) is 0 Å². The molecule has 0 fully saturated rings. The van der Waals surface area contributed by atoms with Crippen molar-refractivity contribution in [2.75, 3.05) is 30.3 Å². The van der Waals surface area contributed by atoms with Gasteiger partial charge in [-0.15, -0.1) is 0 Å². The van der Waals surface area contributed by atoms with Gasteiger partial charge < -0.3 is 10.1 Å². The number of thioether (sulfide) groups is 1. The highest BCUT2D eigenvalue weighted by Crippen LogP contribution is 2.33. The third-order valence-corrected chi connectivity index (χ3v) is 7.51. The van der Waals surface area contributed by atoms with E-state index in [1.165, 1.54) is 7.11 Å². The van der Waals surface area contributed by atoms with Crippen LogP contribution in [0.1, 0.15) is 31.9 Å². The lowest BCUT2D eigenvalue weighted by molar-refractivity contribution is -0.119. The number of anilines is 1. The third-order valence-electron chi connectivity index (χ3n) is 4.46. The zero-order valence-corrected chi connectivity index (χ0v) is 20.7. The van der Waals surface area contributed by atoms with E-state index >= 15 is 0 Å². The molecule has 6 nitrogen and oxygen atoms in total. The lowest BCUT2D eigenvalue weighted by Gasteiger charge is -2.26. The Kier molecular flexibility index (Phi) is 8.42. The number of methoxy groups -OCH3 is 1. The van der Waals surface area contributed by atoms with Crippen LogP contribution in [0.2, 0.25) is 0 Å². The van der Waals surface area contributed by atoms with Gasteiger partial charge in [0.2, 0.25) is 5.91 Å². The average molecular weight is 465 g/mol. The molecule has 0 radical (unpaired) electrons. The zero-order valence-electron chi connectivity index (χ0n) is 19.1. The number of carbonyl (C=O) groups excluding carboxylic acids is 1. The Balaban J connectivity index is 2.34. The fraction of sp³-hybridized carbons (Fsp3) is 0.435. The first kappa shape index (κ1) is 25.1. The van der Waals surface area contributed by atoms with E-state index in [1.807, 2.05) is 19.9 Å². The summed E-state index contributed by atoms with van der Waals surface area (Å²) in [6.45, 7) is 10.2. The minimum absolute atomic E-state index is 0.0977. The Morgan fingerprint density at radius 3 is 2.26 bits per heavy atom. The maximum absolute atomic E-state index is 13.5. The molecule has 0 aliphatic carbocycles. The van der Waals surface area contributed by atoms with Gasteiger partial charge in [-0.1, -0.05) is 44.5 Å². The molecule has 2 aromatic rings. The number of hydrogen-bond acceptors (Lipinski definition) is 5. The van der Waals surface area contributed by atoms with Gasteiger partial charge in [0.05, 0.1) is 17.7 Å². The smallest absolute Gasteiger partial charge is 0.264 e. The molecule has 2 aromatic carbocycles. The van der Waals surface area contributed by atoms with Crippen molar-refractivity contribution >= 4 is 33.4 Å². The molecule has 0 aromatic heterocycles. The van der Waals surface area contributed by atoms with E-state index in [-0.39, 0.29) is 22.1 Å². The maximum Gasteiger partial charge on any atom is 0.264 e. The summed E-state index contributed by atoms with van der Waals surface area (Å²) in [6, 6.07) is 11.8. The van der Waals surface area contributed by atoms with Crippen LogP contribution < -0.4 is 14.4 Å². The average Bonchev–Trinajstić information content (AvgIpc) is 2.69. The molecule has 0 unspecified atom stereocenters. The van der Waals surface area contributed by atoms with Gasteiger partial charge >= 0.3 is 0 Å². The zero-order chi connectivity index (χ0) is 23.2. The molecule has 2 rings (SSSR count). The second-order valence-electron chi connectivity index (χ2n) is 8.31. The summed E-state index contributed by atoms with van der Waals surface area (Å²) in [4.78, 5) is 12.8. The van der Waals surface area contributed by atoms with E-state index in [9.17, 15) is 13.2 Å². The molecular formula is C23H32N2O4S2. The first-order chi connectivity index (χ1) is 14.4. The van der Waals surface area contributed by atoms with Crippen LogP contribution in [-0.4, -0.2) is 45.0 Å². The fourth-order valence-electron chi connectivity index (χ4n) is 2.87. The van der Waals surface area contributed by atoms with E-state index in [1.54, 1.807) is 48.2 Å². The van der Waals surface area contributed by atoms with Crippen molar-refractivity contribution in [2.45, 2.75) is 44.3 Å². The van der Waals surface area contributed by atoms with E-state index in [0.717, 1.165) is 21.2 Å². The number of carbonyl (C=O) groups is 1. The number of rotatable bonds is 9. The van der Waals surface area contributed by atoms with Crippen LogP contribution in [-0.2, 0) is 14.8 Å². The highest BCUT2D eigenvalue weighted by molar-refractivity contribution is 8.00. The Hall–Kier alpha value is -2.19. The number of benzene rings is 2. The summed E-state index contributed by atoms with van der Waals surface area (Å²) < 4.78 is 33.6. The van der Waals surface area contributed by atoms with Crippen LogP contribution in [0, 0.1) is 13.8 Å². The molecule has 0 saturated carbocycles. The molecule has 31 heavy (non-hydrogen) atoms. The summed E-state index contributed by atoms with van der Waals surface area (Å²) in [6.07, 6.45) is 0. The summed E-state index contributed by atoms with van der Waals surface area (Å²) in [7, 11) is -2.50. The van der Waals surface area contributed by atoms with Crippen LogP contribution in [0.15, 0.2) is 47.4 Å². The predicted octanol–water partition coefficient (Wildman–Crippen LogP) is 4.16. The highest BCUT2D eigenvalue weighted by Gasteiger charge is 2.29. The quantitative estimate of drug-likeness (QED) is 0.564. The second-order valence-corrected chi connectivity index (χ2v) is 12.1. The molecule has 0 spiro atoms. The van der Waals surface area contributed by atoms with E-state index < -0.39 is 10.0 Å². The Morgan fingerprint density at radius 1 is 1.06 bits per heavy atom. The van der Waals surface area contributed by atoms with E-state index in [4.69, 9.17) is 4.74 Å². The summed E-state index contributed by atoms with van der Waals surface area (Å²) in [5.74, 6) is 0.763. The van der Waals surface area contributed by atoms with Crippen LogP contribution >= 0.6 is 11.8 Å². The summed E-state index contributed by atoms with van der Waals surface area (Å²) >= 11 is 1.74. The van der Waals surface area contributed by atoms with Gasteiger partial charge in [0, 0.05) is 17.0 Å². The minimum Gasteiger partial charge on any atom is -0.495 e. The van der Waals surface area contributed by atoms with Crippen LogP contribution in [0.25, 0.3) is 0 Å². The first-order valence-electron chi connectivity index (χ1n) is 10.1. The number of nitrogens with zero attached hydrogens (tertiary/aromatic N) is 1. The number of ether oxygens (including phenoxy) is 1. The molecule has 0 heterocycles.